The van der Waals surface area contributed by atoms with Gasteiger partial charge in [-0.1, -0.05) is 29.9 Å². The Hall–Kier alpha value is -1.84. The summed E-state index contributed by atoms with van der Waals surface area (Å²) in [6.07, 6.45) is 1.78. The quantitative estimate of drug-likeness (QED) is 0.434. The predicted molar refractivity (Wildman–Crippen MR) is 105 cm³/mol. The Morgan fingerprint density at radius 1 is 1.39 bits per heavy atom. The summed E-state index contributed by atoms with van der Waals surface area (Å²) in [5.74, 6) is -6.20. The molecule has 152 valence electrons. The Balaban J connectivity index is 1.92. The highest BCUT2D eigenvalue weighted by atomic mass is 35.5. The number of carbonyl (C=O) groups is 1. The lowest BCUT2D eigenvalue weighted by Crippen LogP contribution is -2.38. The molecule has 0 spiro atoms. The van der Waals surface area contributed by atoms with Crippen LogP contribution in [0.3, 0.4) is 0 Å². The van der Waals surface area contributed by atoms with Gasteiger partial charge in [-0.25, -0.2) is 18.6 Å². The number of thiocarbonyl (C=S) groups is 1. The average Bonchev–Trinajstić information content (AvgIpc) is 3.05. The molecular formula is C18H20ClF3N4OS. The Morgan fingerprint density at radius 3 is 2.64 bits per heavy atom. The number of likely N-dealkylation sites (tertiary alicyclic amines) is 1. The van der Waals surface area contributed by atoms with Crippen molar-refractivity contribution in [2.75, 3.05) is 26.0 Å². The summed E-state index contributed by atoms with van der Waals surface area (Å²) < 4.78 is 41.8. The van der Waals surface area contributed by atoms with E-state index < -0.39 is 34.6 Å². The summed E-state index contributed by atoms with van der Waals surface area (Å²) in [6.45, 7) is 1.06. The molecule has 0 aromatic heterocycles. The lowest BCUT2D eigenvalue weighted by Gasteiger charge is -2.25. The highest BCUT2D eigenvalue weighted by molar-refractivity contribution is 7.80. The number of hydrazine groups is 1. The lowest BCUT2D eigenvalue weighted by molar-refractivity contribution is -0.118. The number of amides is 1. The minimum atomic E-state index is -3.45. The normalized spacial score (nSPS) is 25.3. The molecule has 5 nitrogen and oxygen atoms in total. The molecule has 1 aromatic carbocycles. The van der Waals surface area contributed by atoms with Crippen LogP contribution in [-0.2, 0) is 10.7 Å². The van der Waals surface area contributed by atoms with Crippen LogP contribution in [-0.4, -0.2) is 46.9 Å². The van der Waals surface area contributed by atoms with Crippen molar-refractivity contribution in [2.45, 2.75) is 18.3 Å². The van der Waals surface area contributed by atoms with Crippen molar-refractivity contribution in [3.05, 3.63) is 41.4 Å². The van der Waals surface area contributed by atoms with Gasteiger partial charge in [-0.2, -0.15) is 0 Å². The fourth-order valence-electron chi connectivity index (χ4n) is 3.67. The predicted octanol–water partition coefficient (Wildman–Crippen LogP) is 3.28. The minimum Gasteiger partial charge on any atom is -0.368 e. The van der Waals surface area contributed by atoms with Gasteiger partial charge >= 0.3 is 0 Å². The molecule has 1 amide bonds. The molecule has 3 atom stereocenters. The molecule has 2 N–H and O–H groups in total. The molecule has 28 heavy (non-hydrogen) atoms. The third kappa shape index (κ3) is 3.83. The molecule has 2 aliphatic heterocycles. The number of anilines is 1. The first-order valence-corrected chi connectivity index (χ1v) is 9.43. The van der Waals surface area contributed by atoms with E-state index in [1.807, 2.05) is 0 Å². The summed E-state index contributed by atoms with van der Waals surface area (Å²) >= 11 is 11.5. The van der Waals surface area contributed by atoms with E-state index in [-0.39, 0.29) is 11.6 Å². The van der Waals surface area contributed by atoms with Gasteiger partial charge in [0, 0.05) is 39.2 Å². The van der Waals surface area contributed by atoms with Crippen molar-refractivity contribution in [1.29, 1.82) is 0 Å². The molecule has 1 aromatic rings. The fourth-order valence-corrected chi connectivity index (χ4v) is 4.30. The van der Waals surface area contributed by atoms with Gasteiger partial charge in [-0.15, -0.1) is 0 Å². The zero-order valence-electron chi connectivity index (χ0n) is 15.5. The number of benzene rings is 1. The first-order chi connectivity index (χ1) is 13.0. The molecule has 0 bridgehead atoms. The van der Waals surface area contributed by atoms with Crippen LogP contribution < -0.4 is 10.7 Å². The number of hydrogen-bond acceptors (Lipinski definition) is 4. The number of rotatable bonds is 4. The summed E-state index contributed by atoms with van der Waals surface area (Å²) in [4.78, 5) is 15.2. The first-order valence-electron chi connectivity index (χ1n) is 8.59. The van der Waals surface area contributed by atoms with Crippen molar-refractivity contribution in [3.8, 4) is 0 Å². The molecule has 0 aliphatic carbocycles. The third-order valence-corrected chi connectivity index (χ3v) is 5.70. The van der Waals surface area contributed by atoms with Crippen LogP contribution in [0.4, 0.5) is 18.9 Å². The van der Waals surface area contributed by atoms with Crippen molar-refractivity contribution in [3.63, 3.8) is 0 Å². The molecular weight excluding hydrogens is 413 g/mol. The van der Waals surface area contributed by atoms with E-state index in [2.05, 4.69) is 10.7 Å². The zero-order valence-corrected chi connectivity index (χ0v) is 17.0. The van der Waals surface area contributed by atoms with Gasteiger partial charge in [0.05, 0.1) is 22.2 Å². The second-order valence-corrected chi connectivity index (χ2v) is 7.91. The van der Waals surface area contributed by atoms with Gasteiger partial charge in [-0.05, 0) is 18.2 Å². The third-order valence-electron chi connectivity index (χ3n) is 4.91. The molecule has 2 aliphatic rings. The largest absolute Gasteiger partial charge is 0.368 e. The highest BCUT2D eigenvalue weighted by Crippen LogP contribution is 2.38. The van der Waals surface area contributed by atoms with E-state index in [9.17, 15) is 18.0 Å². The molecule has 2 heterocycles. The van der Waals surface area contributed by atoms with Gasteiger partial charge < -0.3 is 15.2 Å². The summed E-state index contributed by atoms with van der Waals surface area (Å²) in [6, 6.07) is 3.46. The number of hydrogen-bond donors (Lipinski definition) is 2. The maximum absolute atomic E-state index is 14.0. The van der Waals surface area contributed by atoms with Crippen molar-refractivity contribution in [2.24, 2.45) is 11.8 Å². The average molecular weight is 433 g/mol. The Morgan fingerprint density at radius 2 is 2.07 bits per heavy atom. The molecule has 1 saturated heterocycles. The SMILES string of the molecule is CN1C[C@H](C2=CC(Cl)NN2C)[C@@H](C(=O)Nc2cccc(F)c2C(C)(F)F)C1=S. The zero-order chi connectivity index (χ0) is 20.8. The van der Waals surface area contributed by atoms with E-state index in [0.717, 1.165) is 11.8 Å². The van der Waals surface area contributed by atoms with Crippen LogP contribution in [0.2, 0.25) is 0 Å². The van der Waals surface area contributed by atoms with Gasteiger partial charge in [0.2, 0.25) is 5.91 Å². The van der Waals surface area contributed by atoms with E-state index in [4.69, 9.17) is 23.8 Å². The molecule has 10 heteroatoms. The summed E-state index contributed by atoms with van der Waals surface area (Å²) in [5.41, 5.74) is 2.23. The summed E-state index contributed by atoms with van der Waals surface area (Å²) in [7, 11) is 3.53. The van der Waals surface area contributed by atoms with Crippen molar-refractivity contribution < 1.29 is 18.0 Å². The van der Waals surface area contributed by atoms with Crippen LogP contribution in [0.15, 0.2) is 30.0 Å². The molecule has 0 saturated carbocycles. The van der Waals surface area contributed by atoms with E-state index in [1.54, 1.807) is 30.1 Å². The van der Waals surface area contributed by atoms with Crippen LogP contribution in [0.25, 0.3) is 0 Å². The Bertz CT molecular complexity index is 845. The van der Waals surface area contributed by atoms with Gasteiger partial charge in [0.1, 0.15) is 11.3 Å². The number of halogens is 4. The second-order valence-electron chi connectivity index (χ2n) is 7.02. The maximum Gasteiger partial charge on any atom is 0.275 e. The Kier molecular flexibility index (Phi) is 5.62. The second kappa shape index (κ2) is 7.53. The molecule has 1 unspecified atom stereocenters. The van der Waals surface area contributed by atoms with Crippen molar-refractivity contribution >= 4 is 40.4 Å². The number of alkyl halides is 3. The van der Waals surface area contributed by atoms with Gasteiger partial charge in [-0.3, -0.25) is 4.79 Å². The van der Waals surface area contributed by atoms with Crippen LogP contribution in [0, 0.1) is 17.7 Å². The highest BCUT2D eigenvalue weighted by Gasteiger charge is 2.45. The number of nitrogens with one attached hydrogen (secondary N) is 2. The van der Waals surface area contributed by atoms with Crippen LogP contribution in [0.5, 0.6) is 0 Å². The number of carbonyl (C=O) groups excluding carboxylic acids is 1. The fraction of sp³-hybridized carbons (Fsp3) is 0.444. The van der Waals surface area contributed by atoms with Gasteiger partial charge in [0.25, 0.3) is 5.92 Å². The smallest absolute Gasteiger partial charge is 0.275 e. The van der Waals surface area contributed by atoms with Crippen LogP contribution >= 0.6 is 23.8 Å². The maximum atomic E-state index is 14.0. The van der Waals surface area contributed by atoms with E-state index in [1.165, 1.54) is 12.1 Å². The Labute approximate surface area is 171 Å². The molecule has 3 rings (SSSR count). The summed E-state index contributed by atoms with van der Waals surface area (Å²) in [5, 5.41) is 4.18. The topological polar surface area (TPSA) is 47.6 Å². The monoisotopic (exact) mass is 432 g/mol. The number of nitrogens with zero attached hydrogens (tertiary/aromatic N) is 2. The van der Waals surface area contributed by atoms with Crippen LogP contribution in [0.1, 0.15) is 12.5 Å². The first kappa shape index (κ1) is 20.9. The van der Waals surface area contributed by atoms with Crippen molar-refractivity contribution in [1.82, 2.24) is 15.3 Å². The minimum absolute atomic E-state index is 0.268. The molecule has 0 radical (unpaired) electrons. The van der Waals surface area contributed by atoms with E-state index in [0.29, 0.717) is 18.5 Å². The molecule has 1 fully saturated rings. The lowest BCUT2D eigenvalue weighted by atomic mass is 9.91. The standard InChI is InChI=1S/C18H20ClF3N4OS/c1-18(21,22)15-10(20)5-4-6-11(15)23-16(27)14-9(8-25(2)17(14)28)12-7-13(19)24-26(12)3/h4-7,9,13-14,24H,8H2,1-3H3,(H,23,27)/t9-,13?,14+/m1/s1. The van der Waals surface area contributed by atoms with E-state index >= 15 is 0 Å². The van der Waals surface area contributed by atoms with Gasteiger partial charge in [0.15, 0.2) is 0 Å².